The van der Waals surface area contributed by atoms with Crippen molar-refractivity contribution in [3.05, 3.63) is 39.3 Å². The van der Waals surface area contributed by atoms with E-state index in [-0.39, 0.29) is 0 Å². The molecule has 1 aromatic carbocycles. The van der Waals surface area contributed by atoms with Gasteiger partial charge in [0.1, 0.15) is 0 Å². The molecule has 0 aliphatic carbocycles. The van der Waals surface area contributed by atoms with Crippen LogP contribution in [-0.4, -0.2) is 6.54 Å². The van der Waals surface area contributed by atoms with Crippen LogP contribution in [0.3, 0.4) is 0 Å². The van der Waals surface area contributed by atoms with E-state index in [0.717, 1.165) is 10.2 Å². The lowest BCUT2D eigenvalue weighted by molar-refractivity contribution is 1.33. The van der Waals surface area contributed by atoms with Crippen molar-refractivity contribution < 1.29 is 0 Å². The van der Waals surface area contributed by atoms with E-state index < -0.39 is 0 Å². The van der Waals surface area contributed by atoms with Gasteiger partial charge >= 0.3 is 0 Å². The zero-order chi connectivity index (χ0) is 9.84. The Kier molecular flexibility index (Phi) is 4.10. The van der Waals surface area contributed by atoms with Crippen LogP contribution in [0.15, 0.2) is 29.3 Å². The normalized spacial score (nSPS) is 9.77. The molecule has 0 spiro atoms. The largest absolute Gasteiger partial charge is 0.379 e. The summed E-state index contributed by atoms with van der Waals surface area (Å²) in [5.74, 6) is 0. The predicted molar refractivity (Wildman–Crippen MR) is 63.0 cm³/mol. The SMILES string of the molecule is C=C(Br)CNc1cccc(Cl)c1Cl. The average Bonchev–Trinajstić information content (AvgIpc) is 2.07. The van der Waals surface area contributed by atoms with Crippen LogP contribution in [0.4, 0.5) is 5.69 Å². The molecule has 0 fully saturated rings. The van der Waals surface area contributed by atoms with Gasteiger partial charge < -0.3 is 5.32 Å². The number of anilines is 1. The average molecular weight is 281 g/mol. The van der Waals surface area contributed by atoms with Crippen molar-refractivity contribution in [1.29, 1.82) is 0 Å². The molecule has 0 bridgehead atoms. The van der Waals surface area contributed by atoms with Crippen LogP contribution in [0.2, 0.25) is 10.0 Å². The molecule has 0 unspecified atom stereocenters. The van der Waals surface area contributed by atoms with Gasteiger partial charge in [-0.15, -0.1) is 0 Å². The monoisotopic (exact) mass is 279 g/mol. The van der Waals surface area contributed by atoms with Gasteiger partial charge in [-0.25, -0.2) is 0 Å². The van der Waals surface area contributed by atoms with Crippen LogP contribution in [0.25, 0.3) is 0 Å². The summed E-state index contributed by atoms with van der Waals surface area (Å²) >= 11 is 15.0. The first-order valence-electron chi connectivity index (χ1n) is 3.62. The molecule has 1 N–H and O–H groups in total. The number of hydrogen-bond donors (Lipinski definition) is 1. The van der Waals surface area contributed by atoms with Crippen molar-refractivity contribution in [3.8, 4) is 0 Å². The third kappa shape index (κ3) is 3.22. The van der Waals surface area contributed by atoms with Gasteiger partial charge in [-0.3, -0.25) is 0 Å². The zero-order valence-electron chi connectivity index (χ0n) is 6.78. The second-order valence-electron chi connectivity index (χ2n) is 2.47. The standard InChI is InChI=1S/C9H8BrCl2N/c1-6(10)5-13-8-4-2-3-7(11)9(8)12/h2-4,13H,1,5H2. The Morgan fingerprint density at radius 1 is 1.46 bits per heavy atom. The third-order valence-corrected chi connectivity index (χ3v) is 2.52. The number of hydrogen-bond acceptors (Lipinski definition) is 1. The summed E-state index contributed by atoms with van der Waals surface area (Å²) in [5.41, 5.74) is 0.815. The second-order valence-corrected chi connectivity index (χ2v) is 4.38. The van der Waals surface area contributed by atoms with Gasteiger partial charge in [0.05, 0.1) is 15.7 Å². The Morgan fingerprint density at radius 3 is 2.77 bits per heavy atom. The van der Waals surface area contributed by atoms with E-state index in [0.29, 0.717) is 16.6 Å². The molecule has 4 heteroatoms. The molecule has 0 saturated heterocycles. The first-order valence-corrected chi connectivity index (χ1v) is 5.17. The van der Waals surface area contributed by atoms with Crippen LogP contribution < -0.4 is 5.32 Å². The van der Waals surface area contributed by atoms with E-state index in [1.54, 1.807) is 6.07 Å². The minimum absolute atomic E-state index is 0.540. The molecule has 13 heavy (non-hydrogen) atoms. The van der Waals surface area contributed by atoms with Gasteiger partial charge in [-0.05, 0) is 12.1 Å². The molecule has 0 aromatic heterocycles. The molecule has 1 rings (SSSR count). The highest BCUT2D eigenvalue weighted by atomic mass is 79.9. The highest BCUT2D eigenvalue weighted by molar-refractivity contribution is 9.11. The highest BCUT2D eigenvalue weighted by Gasteiger charge is 2.02. The van der Waals surface area contributed by atoms with Gasteiger partial charge in [0.2, 0.25) is 0 Å². The fourth-order valence-electron chi connectivity index (χ4n) is 0.831. The second kappa shape index (κ2) is 4.89. The number of rotatable bonds is 3. The molecule has 1 aromatic rings. The van der Waals surface area contributed by atoms with Crippen LogP contribution in [0.1, 0.15) is 0 Å². The van der Waals surface area contributed by atoms with Crippen LogP contribution >= 0.6 is 39.1 Å². The molecular formula is C9H8BrCl2N. The minimum atomic E-state index is 0.540. The van der Waals surface area contributed by atoms with E-state index in [2.05, 4.69) is 27.8 Å². The van der Waals surface area contributed by atoms with Gasteiger partial charge in [0.25, 0.3) is 0 Å². The van der Waals surface area contributed by atoms with Crippen molar-refractivity contribution in [2.45, 2.75) is 0 Å². The van der Waals surface area contributed by atoms with E-state index >= 15 is 0 Å². The molecule has 0 aliphatic rings. The first kappa shape index (κ1) is 10.9. The summed E-state index contributed by atoms with van der Waals surface area (Å²) in [4.78, 5) is 0. The molecule has 0 aliphatic heterocycles. The Morgan fingerprint density at radius 2 is 2.15 bits per heavy atom. The maximum Gasteiger partial charge on any atom is 0.0823 e. The first-order chi connectivity index (χ1) is 6.11. The lowest BCUT2D eigenvalue weighted by Crippen LogP contribution is -2.00. The van der Waals surface area contributed by atoms with Gasteiger partial charge in [-0.2, -0.15) is 0 Å². The summed E-state index contributed by atoms with van der Waals surface area (Å²) in [6.07, 6.45) is 0. The van der Waals surface area contributed by atoms with Crippen molar-refractivity contribution in [2.75, 3.05) is 11.9 Å². The smallest absolute Gasteiger partial charge is 0.0823 e. The van der Waals surface area contributed by atoms with E-state index in [1.165, 1.54) is 0 Å². The fourth-order valence-corrected chi connectivity index (χ4v) is 1.34. The maximum atomic E-state index is 5.94. The van der Waals surface area contributed by atoms with E-state index in [1.807, 2.05) is 12.1 Å². The Labute approximate surface area is 95.9 Å². The Balaban J connectivity index is 2.77. The lowest BCUT2D eigenvalue weighted by atomic mass is 10.3. The van der Waals surface area contributed by atoms with Crippen LogP contribution in [0.5, 0.6) is 0 Å². The summed E-state index contributed by atoms with van der Waals surface area (Å²) < 4.78 is 0.864. The topological polar surface area (TPSA) is 12.0 Å². The van der Waals surface area contributed by atoms with E-state index in [9.17, 15) is 0 Å². The number of halogens is 3. The van der Waals surface area contributed by atoms with Crippen LogP contribution in [-0.2, 0) is 0 Å². The van der Waals surface area contributed by atoms with Crippen molar-refractivity contribution >= 4 is 44.8 Å². The summed E-state index contributed by atoms with van der Waals surface area (Å²) in [6, 6.07) is 5.45. The molecule has 1 nitrogen and oxygen atoms in total. The molecule has 0 radical (unpaired) electrons. The van der Waals surface area contributed by atoms with Crippen molar-refractivity contribution in [1.82, 2.24) is 0 Å². The number of benzene rings is 1. The minimum Gasteiger partial charge on any atom is -0.379 e. The van der Waals surface area contributed by atoms with Crippen molar-refractivity contribution in [2.24, 2.45) is 0 Å². The molecule has 0 amide bonds. The van der Waals surface area contributed by atoms with Crippen molar-refractivity contribution in [3.63, 3.8) is 0 Å². The van der Waals surface area contributed by atoms with E-state index in [4.69, 9.17) is 23.2 Å². The van der Waals surface area contributed by atoms with Gasteiger partial charge in [0.15, 0.2) is 0 Å². The molecule has 0 saturated carbocycles. The molecule has 0 atom stereocenters. The molecule has 0 heterocycles. The summed E-state index contributed by atoms with van der Waals surface area (Å²) in [7, 11) is 0. The third-order valence-electron chi connectivity index (χ3n) is 1.42. The molecular weight excluding hydrogens is 273 g/mol. The Bertz CT molecular complexity index is 325. The van der Waals surface area contributed by atoms with Gasteiger partial charge in [-0.1, -0.05) is 51.8 Å². The summed E-state index contributed by atoms with van der Waals surface area (Å²) in [5, 5.41) is 4.18. The Hall–Kier alpha value is -0.180. The summed E-state index contributed by atoms with van der Waals surface area (Å²) in [6.45, 7) is 4.33. The molecule has 70 valence electrons. The predicted octanol–water partition coefficient (Wildman–Crippen LogP) is 4.31. The number of nitrogens with one attached hydrogen (secondary N) is 1. The highest BCUT2D eigenvalue weighted by Crippen LogP contribution is 2.29. The quantitative estimate of drug-likeness (QED) is 0.870. The van der Waals surface area contributed by atoms with Gasteiger partial charge in [0, 0.05) is 11.0 Å². The zero-order valence-corrected chi connectivity index (χ0v) is 9.88. The maximum absolute atomic E-state index is 5.94. The lowest BCUT2D eigenvalue weighted by Gasteiger charge is -2.07. The fraction of sp³-hybridized carbons (Fsp3) is 0.111. The van der Waals surface area contributed by atoms with Crippen LogP contribution in [0, 0.1) is 0 Å².